The van der Waals surface area contributed by atoms with Gasteiger partial charge in [0.25, 0.3) is 10.1 Å². The number of hydrogen-bond acceptors (Lipinski definition) is 9. The Morgan fingerprint density at radius 3 is 2.07 bits per heavy atom. The molecular weight excluding hydrogens is 897 g/mol. The van der Waals surface area contributed by atoms with E-state index in [1.165, 1.54) is 36.4 Å². The number of esters is 3. The maximum Gasteiger partial charge on any atom is 0.348 e. The van der Waals surface area contributed by atoms with Gasteiger partial charge in [-0.2, -0.15) is 8.42 Å². The molecule has 216 valence electrons. The summed E-state index contributed by atoms with van der Waals surface area (Å²) in [5.41, 5.74) is -1.53. The van der Waals surface area contributed by atoms with Crippen LogP contribution in [0.5, 0.6) is 17.2 Å². The molecule has 0 aliphatic carbocycles. The summed E-state index contributed by atoms with van der Waals surface area (Å²) in [6.07, 6.45) is 1.44. The molecule has 0 aliphatic rings. The fourth-order valence-electron chi connectivity index (χ4n) is 3.20. The SMILES string of the molecule is C=CC(C)(C)OC(=O)COc1cccc(C(=O)Oc2ccc(I)cc2)c1C(=O)Oc1cc(I)c(S(=O)(=O)O)c(I)c1. The van der Waals surface area contributed by atoms with Crippen LogP contribution in [0.1, 0.15) is 34.6 Å². The third-order valence-corrected chi connectivity index (χ3v) is 9.24. The lowest BCUT2D eigenvalue weighted by molar-refractivity contribution is -0.154. The zero-order valence-electron chi connectivity index (χ0n) is 21.4. The summed E-state index contributed by atoms with van der Waals surface area (Å²) in [5.74, 6) is -2.73. The smallest absolute Gasteiger partial charge is 0.348 e. The average Bonchev–Trinajstić information content (AvgIpc) is 2.87. The summed E-state index contributed by atoms with van der Waals surface area (Å²) < 4.78 is 55.8. The highest BCUT2D eigenvalue weighted by Gasteiger charge is 2.28. The van der Waals surface area contributed by atoms with Crippen LogP contribution >= 0.6 is 67.8 Å². The van der Waals surface area contributed by atoms with Gasteiger partial charge in [-0.05, 0) is 136 Å². The quantitative estimate of drug-likeness (QED) is 0.0838. The maximum atomic E-state index is 13.5. The first-order valence-corrected chi connectivity index (χ1v) is 16.1. The Balaban J connectivity index is 2.00. The number of halogens is 3. The molecule has 14 heteroatoms. The normalized spacial score (nSPS) is 11.4. The Bertz CT molecular complexity index is 1590. The lowest BCUT2D eigenvalue weighted by Gasteiger charge is -2.21. The van der Waals surface area contributed by atoms with Crippen molar-refractivity contribution in [3.63, 3.8) is 0 Å². The molecule has 0 amide bonds. The summed E-state index contributed by atoms with van der Waals surface area (Å²) >= 11 is 5.45. The van der Waals surface area contributed by atoms with Gasteiger partial charge in [0.1, 0.15) is 33.3 Å². The second-order valence-corrected chi connectivity index (χ2v) is 13.6. The fraction of sp³-hybridized carbons (Fsp3) is 0.148. The van der Waals surface area contributed by atoms with Crippen LogP contribution in [0.15, 0.2) is 72.1 Å². The second-order valence-electron chi connectivity index (χ2n) is 8.67. The molecule has 0 unspecified atom stereocenters. The second kappa shape index (κ2) is 13.8. The summed E-state index contributed by atoms with van der Waals surface area (Å²) in [5, 5.41) is 0. The van der Waals surface area contributed by atoms with E-state index in [2.05, 4.69) is 29.2 Å². The van der Waals surface area contributed by atoms with Gasteiger partial charge in [0.05, 0.1) is 5.56 Å². The predicted octanol–water partition coefficient (Wildman–Crippen LogP) is 6.07. The summed E-state index contributed by atoms with van der Waals surface area (Å²) in [4.78, 5) is 38.7. The molecule has 3 rings (SSSR count). The van der Waals surface area contributed by atoms with Crippen molar-refractivity contribution in [3.8, 4) is 17.2 Å². The van der Waals surface area contributed by atoms with E-state index in [-0.39, 0.29) is 40.4 Å². The number of benzene rings is 3. The van der Waals surface area contributed by atoms with Crippen LogP contribution in [0.25, 0.3) is 0 Å². The fourth-order valence-corrected chi connectivity index (χ4v) is 7.55. The number of hydrogen-bond donors (Lipinski definition) is 1. The molecule has 0 radical (unpaired) electrons. The van der Waals surface area contributed by atoms with Crippen LogP contribution < -0.4 is 14.2 Å². The van der Waals surface area contributed by atoms with Gasteiger partial charge in [-0.3, -0.25) is 4.55 Å². The molecule has 0 saturated heterocycles. The van der Waals surface area contributed by atoms with E-state index in [0.29, 0.717) is 0 Å². The molecule has 3 aromatic carbocycles. The van der Waals surface area contributed by atoms with Crippen molar-refractivity contribution in [2.45, 2.75) is 24.3 Å². The monoisotopic (exact) mass is 918 g/mol. The molecule has 0 heterocycles. The molecule has 0 saturated carbocycles. The molecule has 0 spiro atoms. The van der Waals surface area contributed by atoms with Gasteiger partial charge in [0.15, 0.2) is 6.61 Å². The van der Waals surface area contributed by atoms with E-state index in [4.69, 9.17) is 18.9 Å². The largest absolute Gasteiger partial charge is 0.481 e. The molecule has 0 bridgehead atoms. The van der Waals surface area contributed by atoms with Crippen LogP contribution in [0, 0.1) is 10.7 Å². The van der Waals surface area contributed by atoms with Gasteiger partial charge in [-0.1, -0.05) is 12.6 Å². The Hall–Kier alpha value is -2.29. The Morgan fingerprint density at radius 2 is 1.51 bits per heavy atom. The van der Waals surface area contributed by atoms with Crippen molar-refractivity contribution in [2.24, 2.45) is 0 Å². The number of carbonyl (C=O) groups is 3. The molecule has 0 aliphatic heterocycles. The van der Waals surface area contributed by atoms with E-state index in [1.807, 2.05) is 0 Å². The van der Waals surface area contributed by atoms with Crippen molar-refractivity contribution >= 4 is 95.8 Å². The Labute approximate surface area is 276 Å². The molecule has 0 atom stereocenters. The standard InChI is InChI=1S/C27H21I3O10S/c1-4-27(2,3)40-22(31)14-37-21-7-5-6-18(25(32)38-16-10-8-15(28)9-11-16)23(21)26(33)39-17-12-19(29)24(20(30)13-17)41(34,35)36/h4-13H,1,14H2,2-3H3,(H,34,35,36). The topological polar surface area (TPSA) is 142 Å². The van der Waals surface area contributed by atoms with Crippen LogP contribution in [-0.4, -0.2) is 43.1 Å². The zero-order chi connectivity index (χ0) is 30.5. The molecule has 0 fully saturated rings. The summed E-state index contributed by atoms with van der Waals surface area (Å²) in [6, 6.07) is 13.2. The minimum absolute atomic E-state index is 0.0740. The summed E-state index contributed by atoms with van der Waals surface area (Å²) in [7, 11) is -4.54. The van der Waals surface area contributed by atoms with Crippen molar-refractivity contribution in [1.82, 2.24) is 0 Å². The highest BCUT2D eigenvalue weighted by atomic mass is 127. The van der Waals surface area contributed by atoms with Crippen molar-refractivity contribution < 1.29 is 46.3 Å². The number of ether oxygens (including phenoxy) is 4. The molecule has 41 heavy (non-hydrogen) atoms. The van der Waals surface area contributed by atoms with Gasteiger partial charge >= 0.3 is 17.9 Å². The van der Waals surface area contributed by atoms with Crippen molar-refractivity contribution in [3.05, 3.63) is 89.1 Å². The van der Waals surface area contributed by atoms with Gasteiger partial charge < -0.3 is 18.9 Å². The molecular formula is C27H21I3O10S. The Morgan fingerprint density at radius 1 is 0.927 bits per heavy atom. The molecule has 3 aromatic rings. The van der Waals surface area contributed by atoms with Crippen LogP contribution in [0.2, 0.25) is 0 Å². The van der Waals surface area contributed by atoms with Crippen LogP contribution in [-0.2, 0) is 19.6 Å². The predicted molar refractivity (Wildman–Crippen MR) is 173 cm³/mol. The zero-order valence-corrected chi connectivity index (χ0v) is 28.6. The third-order valence-electron chi connectivity index (χ3n) is 5.13. The van der Waals surface area contributed by atoms with E-state index in [0.717, 1.165) is 3.57 Å². The van der Waals surface area contributed by atoms with E-state index in [9.17, 15) is 27.4 Å². The number of carbonyl (C=O) groups excluding carboxylic acids is 3. The first-order chi connectivity index (χ1) is 19.1. The lowest BCUT2D eigenvalue weighted by atomic mass is 10.1. The molecule has 0 aromatic heterocycles. The minimum atomic E-state index is -4.54. The highest BCUT2D eigenvalue weighted by Crippen LogP contribution is 2.31. The van der Waals surface area contributed by atoms with E-state index < -0.39 is 40.2 Å². The maximum absolute atomic E-state index is 13.5. The number of rotatable bonds is 10. The van der Waals surface area contributed by atoms with Gasteiger partial charge in [0.2, 0.25) is 0 Å². The Kier molecular flexibility index (Phi) is 11.2. The van der Waals surface area contributed by atoms with Crippen LogP contribution in [0.4, 0.5) is 0 Å². The first-order valence-electron chi connectivity index (χ1n) is 11.4. The van der Waals surface area contributed by atoms with Crippen LogP contribution in [0.3, 0.4) is 0 Å². The van der Waals surface area contributed by atoms with E-state index >= 15 is 0 Å². The van der Waals surface area contributed by atoms with Gasteiger partial charge in [-0.25, -0.2) is 14.4 Å². The summed E-state index contributed by atoms with van der Waals surface area (Å²) in [6.45, 7) is 6.24. The lowest BCUT2D eigenvalue weighted by Crippen LogP contribution is -2.29. The average molecular weight is 918 g/mol. The first kappa shape index (κ1) is 33.2. The highest BCUT2D eigenvalue weighted by molar-refractivity contribution is 14.1. The molecule has 1 N–H and O–H groups in total. The van der Waals surface area contributed by atoms with Gasteiger partial charge in [-0.15, -0.1) is 0 Å². The molecule has 10 nitrogen and oxygen atoms in total. The third kappa shape index (κ3) is 9.10. The minimum Gasteiger partial charge on any atom is -0.481 e. The van der Waals surface area contributed by atoms with Crippen molar-refractivity contribution in [1.29, 1.82) is 0 Å². The van der Waals surface area contributed by atoms with Gasteiger partial charge in [0, 0.05) is 10.7 Å². The van der Waals surface area contributed by atoms with E-state index in [1.54, 1.807) is 83.3 Å². The van der Waals surface area contributed by atoms with Crippen molar-refractivity contribution in [2.75, 3.05) is 6.61 Å².